The number of carbonyl (C=O) groups excluding carboxylic acids is 1. The van der Waals surface area contributed by atoms with Crippen LogP contribution in [0.2, 0.25) is 0 Å². The standard InChI is InChI=1S/C22H14O5/c23-19-10-4-7-15-16(19)8-3-9-17(15)22(26)27-20-12-14-6-2-1-5-13(14)11-18(20)21(24)25/h1-12,23H,(H,24,25). The van der Waals surface area contributed by atoms with Gasteiger partial charge in [-0.05, 0) is 40.4 Å². The number of phenolic OH excluding ortho intramolecular Hbond substituents is 1. The van der Waals surface area contributed by atoms with E-state index >= 15 is 0 Å². The number of benzene rings is 4. The van der Waals surface area contributed by atoms with Crippen molar-refractivity contribution in [3.8, 4) is 11.5 Å². The zero-order valence-electron chi connectivity index (χ0n) is 14.0. The van der Waals surface area contributed by atoms with Crippen molar-refractivity contribution in [3.63, 3.8) is 0 Å². The van der Waals surface area contributed by atoms with Gasteiger partial charge in [-0.15, -0.1) is 0 Å². The van der Waals surface area contributed by atoms with Gasteiger partial charge >= 0.3 is 11.9 Å². The third kappa shape index (κ3) is 2.95. The summed E-state index contributed by atoms with van der Waals surface area (Å²) < 4.78 is 5.45. The first-order valence-corrected chi connectivity index (χ1v) is 8.23. The minimum atomic E-state index is -1.18. The van der Waals surface area contributed by atoms with Gasteiger partial charge < -0.3 is 14.9 Å². The van der Waals surface area contributed by atoms with Crippen molar-refractivity contribution in [3.05, 3.63) is 83.9 Å². The van der Waals surface area contributed by atoms with Gasteiger partial charge in [0.1, 0.15) is 17.1 Å². The molecule has 0 amide bonds. The molecule has 0 atom stereocenters. The van der Waals surface area contributed by atoms with E-state index in [0.717, 1.165) is 10.8 Å². The highest BCUT2D eigenvalue weighted by molar-refractivity contribution is 6.07. The number of aromatic carboxylic acids is 1. The maximum Gasteiger partial charge on any atom is 0.344 e. The topological polar surface area (TPSA) is 83.8 Å². The van der Waals surface area contributed by atoms with Crippen molar-refractivity contribution < 1.29 is 24.5 Å². The van der Waals surface area contributed by atoms with Crippen molar-refractivity contribution >= 4 is 33.5 Å². The molecule has 4 aromatic carbocycles. The Kier molecular flexibility index (Phi) is 3.97. The lowest BCUT2D eigenvalue weighted by Crippen LogP contribution is -2.12. The zero-order chi connectivity index (χ0) is 19.0. The van der Waals surface area contributed by atoms with Crippen LogP contribution < -0.4 is 4.74 Å². The molecule has 0 fully saturated rings. The van der Waals surface area contributed by atoms with E-state index in [1.807, 2.05) is 18.2 Å². The van der Waals surface area contributed by atoms with Crippen molar-refractivity contribution in [1.29, 1.82) is 0 Å². The fourth-order valence-electron chi connectivity index (χ4n) is 3.10. The Labute approximate surface area is 154 Å². The number of phenols is 1. The number of ether oxygens (including phenoxy) is 1. The third-order valence-corrected chi connectivity index (χ3v) is 4.40. The zero-order valence-corrected chi connectivity index (χ0v) is 14.0. The summed E-state index contributed by atoms with van der Waals surface area (Å²) in [6.07, 6.45) is 0. The molecule has 0 saturated heterocycles. The molecule has 0 aromatic heterocycles. The second kappa shape index (κ2) is 6.46. The molecule has 0 unspecified atom stereocenters. The summed E-state index contributed by atoms with van der Waals surface area (Å²) in [5, 5.41) is 22.0. The van der Waals surface area contributed by atoms with Crippen LogP contribution in [0.5, 0.6) is 11.5 Å². The van der Waals surface area contributed by atoms with Gasteiger partial charge in [0.05, 0.1) is 5.56 Å². The van der Waals surface area contributed by atoms with Crippen LogP contribution in [0.1, 0.15) is 20.7 Å². The molecule has 5 heteroatoms. The van der Waals surface area contributed by atoms with Gasteiger partial charge in [-0.1, -0.05) is 48.5 Å². The molecule has 2 N–H and O–H groups in total. The van der Waals surface area contributed by atoms with Gasteiger partial charge in [0.2, 0.25) is 0 Å². The molecule has 0 spiro atoms. The van der Waals surface area contributed by atoms with Gasteiger partial charge in [-0.2, -0.15) is 0 Å². The number of rotatable bonds is 3. The first-order valence-electron chi connectivity index (χ1n) is 8.23. The van der Waals surface area contributed by atoms with Crippen molar-refractivity contribution in [2.45, 2.75) is 0 Å². The van der Waals surface area contributed by atoms with E-state index in [1.54, 1.807) is 42.5 Å². The molecule has 4 rings (SSSR count). The summed E-state index contributed by atoms with van der Waals surface area (Å²) in [5.41, 5.74) is 0.151. The molecule has 0 aliphatic rings. The largest absolute Gasteiger partial charge is 0.507 e. The first-order chi connectivity index (χ1) is 13.0. The summed E-state index contributed by atoms with van der Waals surface area (Å²) in [5.74, 6) is -1.84. The predicted octanol–water partition coefficient (Wildman–Crippen LogP) is 4.62. The minimum absolute atomic E-state index is 0.0247. The van der Waals surface area contributed by atoms with Gasteiger partial charge in [0.15, 0.2) is 0 Å². The van der Waals surface area contributed by atoms with Crippen molar-refractivity contribution in [2.24, 2.45) is 0 Å². The number of fused-ring (bicyclic) bond motifs is 2. The minimum Gasteiger partial charge on any atom is -0.507 e. The van der Waals surface area contributed by atoms with E-state index in [1.165, 1.54) is 12.1 Å². The number of aromatic hydroxyl groups is 1. The van der Waals surface area contributed by atoms with Crippen LogP contribution in [0.25, 0.3) is 21.5 Å². The number of esters is 1. The molecule has 0 bridgehead atoms. The van der Waals surface area contributed by atoms with Gasteiger partial charge in [-0.3, -0.25) is 0 Å². The van der Waals surface area contributed by atoms with E-state index in [0.29, 0.717) is 10.8 Å². The summed E-state index contributed by atoms with van der Waals surface area (Å²) in [7, 11) is 0. The van der Waals surface area contributed by atoms with Crippen LogP contribution in [0.4, 0.5) is 0 Å². The fourth-order valence-corrected chi connectivity index (χ4v) is 3.10. The van der Waals surface area contributed by atoms with E-state index in [4.69, 9.17) is 4.74 Å². The molecule has 0 radical (unpaired) electrons. The Morgan fingerprint density at radius 2 is 1.41 bits per heavy atom. The van der Waals surface area contributed by atoms with Crippen LogP contribution in [-0.2, 0) is 0 Å². The lowest BCUT2D eigenvalue weighted by molar-refractivity contribution is 0.0682. The highest BCUT2D eigenvalue weighted by Gasteiger charge is 2.19. The molecule has 27 heavy (non-hydrogen) atoms. The average molecular weight is 358 g/mol. The van der Waals surface area contributed by atoms with Crippen LogP contribution in [-0.4, -0.2) is 22.2 Å². The molecule has 4 aromatic rings. The van der Waals surface area contributed by atoms with E-state index in [2.05, 4.69) is 0 Å². The smallest absolute Gasteiger partial charge is 0.344 e. The average Bonchev–Trinajstić information content (AvgIpc) is 2.67. The lowest BCUT2D eigenvalue weighted by Gasteiger charge is -2.11. The fraction of sp³-hybridized carbons (Fsp3) is 0. The van der Waals surface area contributed by atoms with Crippen LogP contribution in [0.15, 0.2) is 72.8 Å². The number of hydrogen-bond donors (Lipinski definition) is 2. The molecule has 0 aliphatic heterocycles. The van der Waals surface area contributed by atoms with Crippen LogP contribution in [0, 0.1) is 0 Å². The summed E-state index contributed by atoms with van der Waals surface area (Å²) in [6.45, 7) is 0. The number of carboxylic acid groups (broad SMARTS) is 1. The molecule has 5 nitrogen and oxygen atoms in total. The van der Waals surface area contributed by atoms with Gasteiger partial charge in [-0.25, -0.2) is 9.59 Å². The Morgan fingerprint density at radius 3 is 2.15 bits per heavy atom. The number of carboxylic acids is 1. The highest BCUT2D eigenvalue weighted by Crippen LogP contribution is 2.30. The summed E-state index contributed by atoms with van der Waals surface area (Å²) in [6, 6.07) is 20.0. The van der Waals surface area contributed by atoms with Gasteiger partial charge in [0, 0.05) is 5.39 Å². The summed E-state index contributed by atoms with van der Waals surface area (Å²) in [4.78, 5) is 24.4. The van der Waals surface area contributed by atoms with Crippen LogP contribution >= 0.6 is 0 Å². The van der Waals surface area contributed by atoms with Crippen molar-refractivity contribution in [2.75, 3.05) is 0 Å². The Balaban J connectivity index is 1.81. The Hall–Kier alpha value is -3.86. The van der Waals surface area contributed by atoms with Crippen LogP contribution in [0.3, 0.4) is 0 Å². The monoisotopic (exact) mass is 358 g/mol. The number of carbonyl (C=O) groups is 2. The quantitative estimate of drug-likeness (QED) is 0.412. The second-order valence-corrected chi connectivity index (χ2v) is 6.07. The molecule has 132 valence electrons. The Bertz CT molecular complexity index is 1210. The van der Waals surface area contributed by atoms with E-state index in [9.17, 15) is 19.8 Å². The molecule has 0 aliphatic carbocycles. The Morgan fingerprint density at radius 1 is 0.741 bits per heavy atom. The molecular weight excluding hydrogens is 344 g/mol. The van der Waals surface area contributed by atoms with Crippen molar-refractivity contribution in [1.82, 2.24) is 0 Å². The predicted molar refractivity (Wildman–Crippen MR) is 101 cm³/mol. The number of hydrogen-bond acceptors (Lipinski definition) is 4. The SMILES string of the molecule is O=C(O)c1cc2ccccc2cc1OC(=O)c1cccc2c(O)cccc12. The van der Waals surface area contributed by atoms with E-state index in [-0.39, 0.29) is 22.6 Å². The maximum atomic E-state index is 12.8. The lowest BCUT2D eigenvalue weighted by atomic mass is 10.0. The molecule has 0 heterocycles. The van der Waals surface area contributed by atoms with Gasteiger partial charge in [0.25, 0.3) is 0 Å². The normalized spacial score (nSPS) is 10.8. The van der Waals surface area contributed by atoms with E-state index < -0.39 is 11.9 Å². The highest BCUT2D eigenvalue weighted by atomic mass is 16.5. The first kappa shape index (κ1) is 16.6. The maximum absolute atomic E-state index is 12.8. The summed E-state index contributed by atoms with van der Waals surface area (Å²) >= 11 is 0. The second-order valence-electron chi connectivity index (χ2n) is 6.07. The molecular formula is C22H14O5. The molecule has 0 saturated carbocycles. The third-order valence-electron chi connectivity index (χ3n) is 4.40.